The number of nitrogens with zero attached hydrogens (tertiary/aromatic N) is 1. The van der Waals surface area contributed by atoms with Crippen LogP contribution in [0.2, 0.25) is 0 Å². The average Bonchev–Trinajstić information content (AvgIpc) is 2.63. The lowest BCUT2D eigenvalue weighted by Crippen LogP contribution is -2.38. The van der Waals surface area contributed by atoms with E-state index in [1.807, 2.05) is 0 Å². The number of pyridine rings is 1. The first-order chi connectivity index (χ1) is 15.2. The molecule has 0 aliphatic rings. The molecule has 0 radical (unpaired) electrons. The summed E-state index contributed by atoms with van der Waals surface area (Å²) in [4.78, 5) is 15.2. The summed E-state index contributed by atoms with van der Waals surface area (Å²) in [7, 11) is 0. The van der Waals surface area contributed by atoms with Crippen molar-refractivity contribution in [1.82, 2.24) is 4.98 Å². The fraction of sp³-hybridized carbons (Fsp3) is 0.263. The Hall–Kier alpha value is -3.26. The molecular weight excluding hydrogens is 500 g/mol. The van der Waals surface area contributed by atoms with Gasteiger partial charge in [0, 0.05) is 17.3 Å². The summed E-state index contributed by atoms with van der Waals surface area (Å²) < 4.78 is 161. The summed E-state index contributed by atoms with van der Waals surface area (Å²) in [6.45, 7) is 0.929. The van der Waals surface area contributed by atoms with Crippen molar-refractivity contribution in [1.29, 1.82) is 0 Å². The molecular formula is C19H10F12N2O. The van der Waals surface area contributed by atoms with Gasteiger partial charge in [-0.3, -0.25) is 4.79 Å². The molecule has 0 atom stereocenters. The highest BCUT2D eigenvalue weighted by Gasteiger charge is 2.64. The van der Waals surface area contributed by atoms with Gasteiger partial charge in [0.25, 0.3) is 0 Å². The second kappa shape index (κ2) is 8.51. The van der Waals surface area contributed by atoms with Crippen LogP contribution < -0.4 is 5.73 Å². The monoisotopic (exact) mass is 510 g/mol. The summed E-state index contributed by atoms with van der Waals surface area (Å²) in [5.41, 5.74) is -7.38. The van der Waals surface area contributed by atoms with Gasteiger partial charge in [-0.15, -0.1) is 0 Å². The number of nitrogens with two attached hydrogens (primary N) is 1. The highest BCUT2D eigenvalue weighted by Crippen LogP contribution is 2.51. The molecule has 0 aliphatic carbocycles. The number of carbonyl (C=O) groups is 1. The third-order valence-corrected chi connectivity index (χ3v) is 4.20. The van der Waals surface area contributed by atoms with Gasteiger partial charge < -0.3 is 5.73 Å². The number of halogens is 12. The maximum absolute atomic E-state index is 14.3. The predicted octanol–water partition coefficient (Wildman–Crippen LogP) is 6.62. The average molecular weight is 510 g/mol. The SMILES string of the molecule is C/C(N)=C/C(=O)c1c(-c2ccc(C(F)(F)F)cc2)nc(F)c(C(F)(F)F)c1C(F)(F)C(F)(F)F. The van der Waals surface area contributed by atoms with Crippen LogP contribution in [0.1, 0.15) is 34.0 Å². The zero-order valence-corrected chi connectivity index (χ0v) is 16.4. The van der Waals surface area contributed by atoms with Gasteiger partial charge in [0.05, 0.1) is 22.4 Å². The maximum Gasteiger partial charge on any atom is 0.458 e. The summed E-state index contributed by atoms with van der Waals surface area (Å²) >= 11 is 0. The lowest BCUT2D eigenvalue weighted by Gasteiger charge is -2.27. The molecule has 3 nitrogen and oxygen atoms in total. The second-order valence-electron chi connectivity index (χ2n) is 6.77. The zero-order chi connectivity index (χ0) is 26.4. The number of alkyl halides is 11. The summed E-state index contributed by atoms with van der Waals surface area (Å²) in [5, 5.41) is 0. The topological polar surface area (TPSA) is 56.0 Å². The van der Waals surface area contributed by atoms with Crippen LogP contribution in [0.4, 0.5) is 52.7 Å². The summed E-state index contributed by atoms with van der Waals surface area (Å²) in [5.74, 6) is -11.2. The Labute approximate surface area is 181 Å². The van der Waals surface area contributed by atoms with Crippen LogP contribution in [0.15, 0.2) is 36.0 Å². The molecule has 1 aromatic heterocycles. The van der Waals surface area contributed by atoms with Crippen LogP contribution in [-0.4, -0.2) is 16.9 Å². The Bertz CT molecular complexity index is 1120. The van der Waals surface area contributed by atoms with Crippen molar-refractivity contribution in [2.24, 2.45) is 5.73 Å². The van der Waals surface area contributed by atoms with Crippen molar-refractivity contribution in [3.8, 4) is 11.3 Å². The van der Waals surface area contributed by atoms with Gasteiger partial charge in [0.1, 0.15) is 5.56 Å². The second-order valence-corrected chi connectivity index (χ2v) is 6.77. The molecule has 0 bridgehead atoms. The molecule has 1 aromatic carbocycles. The Balaban J connectivity index is 3.12. The number of benzene rings is 1. The molecule has 0 unspecified atom stereocenters. The first-order valence-corrected chi connectivity index (χ1v) is 8.61. The van der Waals surface area contributed by atoms with E-state index in [9.17, 15) is 57.5 Å². The minimum atomic E-state index is -6.74. The first kappa shape index (κ1) is 27.0. The molecule has 0 fully saturated rings. The van der Waals surface area contributed by atoms with E-state index < -0.39 is 75.4 Å². The Morgan fingerprint density at radius 3 is 1.74 bits per heavy atom. The first-order valence-electron chi connectivity index (χ1n) is 8.61. The molecule has 1 heterocycles. The smallest absolute Gasteiger partial charge is 0.402 e. The van der Waals surface area contributed by atoms with Crippen molar-refractivity contribution >= 4 is 5.78 Å². The van der Waals surface area contributed by atoms with E-state index >= 15 is 0 Å². The van der Waals surface area contributed by atoms with E-state index in [4.69, 9.17) is 5.73 Å². The number of allylic oxidation sites excluding steroid dienone is 2. The molecule has 34 heavy (non-hydrogen) atoms. The molecule has 2 aromatic rings. The van der Waals surface area contributed by atoms with Crippen LogP contribution in [0, 0.1) is 5.95 Å². The predicted molar refractivity (Wildman–Crippen MR) is 91.9 cm³/mol. The largest absolute Gasteiger partial charge is 0.458 e. The van der Waals surface area contributed by atoms with E-state index in [1.54, 1.807) is 0 Å². The van der Waals surface area contributed by atoms with E-state index in [0.29, 0.717) is 12.1 Å². The van der Waals surface area contributed by atoms with Gasteiger partial charge in [-0.25, -0.2) is 4.98 Å². The Kier molecular flexibility index (Phi) is 6.75. The third-order valence-electron chi connectivity index (χ3n) is 4.20. The molecule has 0 spiro atoms. The number of rotatable bonds is 4. The fourth-order valence-corrected chi connectivity index (χ4v) is 2.82. The van der Waals surface area contributed by atoms with Crippen LogP contribution in [0.3, 0.4) is 0 Å². The van der Waals surface area contributed by atoms with Gasteiger partial charge >= 0.3 is 24.5 Å². The molecule has 2 N–H and O–H groups in total. The molecule has 0 saturated heterocycles. The van der Waals surface area contributed by atoms with Crippen molar-refractivity contribution in [3.05, 3.63) is 64.2 Å². The van der Waals surface area contributed by atoms with Crippen molar-refractivity contribution < 1.29 is 57.5 Å². The number of hydrogen-bond acceptors (Lipinski definition) is 3. The van der Waals surface area contributed by atoms with Crippen LogP contribution in [0.5, 0.6) is 0 Å². The van der Waals surface area contributed by atoms with Crippen LogP contribution >= 0.6 is 0 Å². The third kappa shape index (κ3) is 5.12. The van der Waals surface area contributed by atoms with E-state index in [2.05, 4.69) is 4.98 Å². The van der Waals surface area contributed by atoms with Crippen molar-refractivity contribution in [3.63, 3.8) is 0 Å². The highest BCUT2D eigenvalue weighted by molar-refractivity contribution is 6.10. The summed E-state index contributed by atoms with van der Waals surface area (Å²) in [6.07, 6.45) is -17.7. The Morgan fingerprint density at radius 1 is 0.853 bits per heavy atom. The number of aromatic nitrogens is 1. The van der Waals surface area contributed by atoms with Crippen molar-refractivity contribution in [2.45, 2.75) is 31.4 Å². The normalized spacial score (nSPS) is 13.9. The van der Waals surface area contributed by atoms with Crippen molar-refractivity contribution in [2.75, 3.05) is 0 Å². The van der Waals surface area contributed by atoms with Crippen LogP contribution in [-0.2, 0) is 18.3 Å². The van der Waals surface area contributed by atoms with Gasteiger partial charge in [-0.2, -0.15) is 52.7 Å². The quantitative estimate of drug-likeness (QED) is 0.218. The standard InChI is InChI=1S/C19H10F12N2O/c1-7(32)6-10(34)11-12(16(21,22)19(29,30)31)13(18(26,27)28)15(20)33-14(11)8-2-4-9(5-3-8)17(23,24)25/h2-6H,32H2,1H3/b7-6-. The molecule has 186 valence electrons. The lowest BCUT2D eigenvalue weighted by atomic mass is 9.89. The van der Waals surface area contributed by atoms with Gasteiger partial charge in [-0.1, -0.05) is 12.1 Å². The molecule has 15 heteroatoms. The number of carbonyl (C=O) groups excluding carboxylic acids is 1. The van der Waals surface area contributed by atoms with E-state index in [-0.39, 0.29) is 18.2 Å². The fourth-order valence-electron chi connectivity index (χ4n) is 2.82. The summed E-state index contributed by atoms with van der Waals surface area (Å²) in [6, 6.07) is 1.35. The van der Waals surface area contributed by atoms with Gasteiger partial charge in [0.2, 0.25) is 5.95 Å². The molecule has 0 aliphatic heterocycles. The number of hydrogen-bond donors (Lipinski definition) is 1. The van der Waals surface area contributed by atoms with Crippen LogP contribution in [0.25, 0.3) is 11.3 Å². The lowest BCUT2D eigenvalue weighted by molar-refractivity contribution is -0.291. The minimum absolute atomic E-state index is 0.179. The molecule has 2 rings (SSSR count). The van der Waals surface area contributed by atoms with E-state index in [0.717, 1.165) is 6.92 Å². The van der Waals surface area contributed by atoms with Gasteiger partial charge in [0.15, 0.2) is 5.78 Å². The zero-order valence-electron chi connectivity index (χ0n) is 16.4. The highest BCUT2D eigenvalue weighted by atomic mass is 19.4. The Morgan fingerprint density at radius 2 is 1.35 bits per heavy atom. The minimum Gasteiger partial charge on any atom is -0.402 e. The maximum atomic E-state index is 14.3. The molecule has 0 saturated carbocycles. The molecule has 0 amide bonds. The van der Waals surface area contributed by atoms with E-state index in [1.165, 1.54) is 0 Å². The number of ketones is 1. The van der Waals surface area contributed by atoms with Gasteiger partial charge in [-0.05, 0) is 19.1 Å².